The van der Waals surface area contributed by atoms with Crippen molar-refractivity contribution in [1.82, 2.24) is 9.13 Å². The Labute approximate surface area is 337 Å². The topological polar surface area (TPSA) is 33.6 Å². The lowest BCUT2D eigenvalue weighted by molar-refractivity contribution is 0.590. The lowest BCUT2D eigenvalue weighted by Gasteiger charge is -2.21. The molecule has 4 heteroatoms. The van der Waals surface area contributed by atoms with Crippen LogP contribution in [0.4, 0.5) is 4.39 Å². The first kappa shape index (κ1) is 38.2. The molecular formula is C53H54FN3. The predicted molar refractivity (Wildman–Crippen MR) is 240 cm³/mol. The van der Waals surface area contributed by atoms with Gasteiger partial charge in [0.25, 0.3) is 0 Å². The molecule has 0 bridgehead atoms. The zero-order valence-electron chi connectivity index (χ0n) is 35.6. The third-order valence-corrected chi connectivity index (χ3v) is 11.9. The highest BCUT2D eigenvalue weighted by Crippen LogP contribution is 2.43. The van der Waals surface area contributed by atoms with E-state index in [0.717, 1.165) is 66.1 Å². The highest BCUT2D eigenvalue weighted by Gasteiger charge is 2.26. The van der Waals surface area contributed by atoms with Gasteiger partial charge in [-0.05, 0) is 128 Å². The molecule has 3 nitrogen and oxygen atoms in total. The van der Waals surface area contributed by atoms with Gasteiger partial charge < -0.3 is 9.13 Å². The minimum Gasteiger partial charge on any atom is -0.308 e. The van der Waals surface area contributed by atoms with Crippen LogP contribution >= 0.6 is 0 Å². The number of aromatic nitrogens is 2. The van der Waals surface area contributed by atoms with Crippen LogP contribution in [0.1, 0.15) is 111 Å². The molecule has 57 heavy (non-hydrogen) atoms. The lowest BCUT2D eigenvalue weighted by Crippen LogP contribution is -2.11. The van der Waals surface area contributed by atoms with Crippen molar-refractivity contribution in [3.05, 3.63) is 143 Å². The highest BCUT2D eigenvalue weighted by molar-refractivity contribution is 6.12. The van der Waals surface area contributed by atoms with Gasteiger partial charge in [-0.2, -0.15) is 5.26 Å². The van der Waals surface area contributed by atoms with Crippen LogP contribution in [0.3, 0.4) is 0 Å². The maximum atomic E-state index is 14.4. The Morgan fingerprint density at radius 1 is 0.404 bits per heavy atom. The van der Waals surface area contributed by atoms with Crippen molar-refractivity contribution < 1.29 is 4.39 Å². The quantitative estimate of drug-likeness (QED) is 0.177. The number of nitriles is 1. The number of hydrogen-bond acceptors (Lipinski definition) is 1. The van der Waals surface area contributed by atoms with Crippen LogP contribution in [0.2, 0.25) is 0 Å². The van der Waals surface area contributed by atoms with Crippen LogP contribution in [0.5, 0.6) is 0 Å². The van der Waals surface area contributed by atoms with Crippen LogP contribution in [0, 0.1) is 17.1 Å². The molecule has 0 aliphatic heterocycles. The number of benzene rings is 6. The first-order valence-corrected chi connectivity index (χ1v) is 20.2. The summed E-state index contributed by atoms with van der Waals surface area (Å²) in [5.74, 6) is -0.286. The Morgan fingerprint density at radius 2 is 0.702 bits per heavy atom. The summed E-state index contributed by atoms with van der Waals surface area (Å²) in [4.78, 5) is 0. The molecule has 0 aliphatic carbocycles. The average molecular weight is 752 g/mol. The summed E-state index contributed by atoms with van der Waals surface area (Å²) in [5.41, 5.74) is 12.9. The van der Waals surface area contributed by atoms with Crippen LogP contribution in [-0.2, 0) is 21.7 Å². The van der Waals surface area contributed by atoms with Crippen molar-refractivity contribution in [3.8, 4) is 28.6 Å². The minimum atomic E-state index is -0.286. The van der Waals surface area contributed by atoms with Gasteiger partial charge in [-0.3, -0.25) is 0 Å². The number of rotatable bonds is 3. The van der Waals surface area contributed by atoms with E-state index < -0.39 is 0 Å². The fourth-order valence-electron chi connectivity index (χ4n) is 8.32. The summed E-state index contributed by atoms with van der Waals surface area (Å²) < 4.78 is 19.0. The SMILES string of the molecule is CC(C)(C)c1ccc2c(c1)c1cc(C(C)(C)C)ccc1n2-c1cc(-c2ccc(F)cc2)cc(-n2c3ccc(C(C)(C)C)cc3c3cc(C(C)(C)C)ccc32)c1C#N. The predicted octanol–water partition coefficient (Wildman–Crippen LogP) is 14.7. The maximum absolute atomic E-state index is 14.4. The smallest absolute Gasteiger partial charge is 0.123 e. The van der Waals surface area contributed by atoms with Crippen LogP contribution in [0.25, 0.3) is 66.1 Å². The molecule has 0 spiro atoms. The summed E-state index contributed by atoms with van der Waals surface area (Å²) in [6, 6.07) is 40.8. The molecule has 288 valence electrons. The summed E-state index contributed by atoms with van der Waals surface area (Å²) in [6.45, 7) is 27.0. The Hall–Kier alpha value is -5.66. The van der Waals surface area contributed by atoms with Gasteiger partial charge >= 0.3 is 0 Å². The lowest BCUT2D eigenvalue weighted by atomic mass is 9.85. The van der Waals surface area contributed by atoms with Gasteiger partial charge in [-0.15, -0.1) is 0 Å². The van der Waals surface area contributed by atoms with E-state index in [9.17, 15) is 9.65 Å². The van der Waals surface area contributed by atoms with E-state index in [4.69, 9.17) is 0 Å². The van der Waals surface area contributed by atoms with Crippen molar-refractivity contribution in [2.24, 2.45) is 0 Å². The van der Waals surface area contributed by atoms with Crippen molar-refractivity contribution in [3.63, 3.8) is 0 Å². The summed E-state index contributed by atoms with van der Waals surface area (Å²) in [5, 5.41) is 16.1. The normalized spacial score (nSPS) is 13.0. The van der Waals surface area contributed by atoms with E-state index in [1.54, 1.807) is 0 Å². The fraction of sp³-hybridized carbons (Fsp3) is 0.302. The van der Waals surface area contributed by atoms with Crippen molar-refractivity contribution in [2.45, 2.75) is 105 Å². The maximum Gasteiger partial charge on any atom is 0.123 e. The molecule has 0 saturated carbocycles. The van der Waals surface area contributed by atoms with Crippen molar-refractivity contribution in [2.75, 3.05) is 0 Å². The van der Waals surface area contributed by atoms with Gasteiger partial charge in [0.15, 0.2) is 0 Å². The van der Waals surface area contributed by atoms with Gasteiger partial charge in [0, 0.05) is 21.5 Å². The summed E-state index contributed by atoms with van der Waals surface area (Å²) in [7, 11) is 0. The third-order valence-electron chi connectivity index (χ3n) is 11.9. The second kappa shape index (κ2) is 12.9. The molecule has 2 heterocycles. The zero-order valence-corrected chi connectivity index (χ0v) is 35.6. The molecular weight excluding hydrogens is 698 g/mol. The largest absolute Gasteiger partial charge is 0.308 e. The Kier molecular flexibility index (Phi) is 8.67. The molecule has 2 aromatic heterocycles. The molecule has 0 aliphatic rings. The van der Waals surface area contributed by atoms with Crippen LogP contribution in [0.15, 0.2) is 109 Å². The zero-order chi connectivity index (χ0) is 41.0. The molecule has 0 N–H and O–H groups in total. The molecule has 0 radical (unpaired) electrons. The summed E-state index contributed by atoms with van der Waals surface area (Å²) >= 11 is 0. The first-order chi connectivity index (χ1) is 26.6. The van der Waals surface area contributed by atoms with E-state index in [2.05, 4.69) is 183 Å². The summed E-state index contributed by atoms with van der Waals surface area (Å²) in [6.07, 6.45) is 0. The monoisotopic (exact) mass is 751 g/mol. The van der Waals surface area contributed by atoms with E-state index in [0.29, 0.717) is 5.56 Å². The number of halogens is 1. The van der Waals surface area contributed by atoms with Gasteiger partial charge in [0.1, 0.15) is 17.4 Å². The fourth-order valence-corrected chi connectivity index (χ4v) is 8.32. The van der Waals surface area contributed by atoms with Crippen molar-refractivity contribution in [1.29, 1.82) is 5.26 Å². The molecule has 0 unspecified atom stereocenters. The van der Waals surface area contributed by atoms with Crippen LogP contribution in [-0.4, -0.2) is 9.13 Å². The van der Waals surface area contributed by atoms with Crippen molar-refractivity contribution >= 4 is 43.6 Å². The first-order valence-electron chi connectivity index (χ1n) is 20.2. The molecule has 8 rings (SSSR count). The van der Waals surface area contributed by atoms with Gasteiger partial charge in [0.2, 0.25) is 0 Å². The molecule has 8 aromatic rings. The Bertz CT molecular complexity index is 2620. The second-order valence-corrected chi connectivity index (χ2v) is 20.1. The van der Waals surface area contributed by atoms with E-state index in [1.807, 2.05) is 12.1 Å². The van der Waals surface area contributed by atoms with E-state index >= 15 is 0 Å². The van der Waals surface area contributed by atoms with E-state index in [1.165, 1.54) is 34.4 Å². The molecule has 0 amide bonds. The average Bonchev–Trinajstić information content (AvgIpc) is 3.64. The number of hydrogen-bond donors (Lipinski definition) is 0. The van der Waals surface area contributed by atoms with E-state index in [-0.39, 0.29) is 27.5 Å². The number of nitrogens with zero attached hydrogens (tertiary/aromatic N) is 3. The van der Waals surface area contributed by atoms with Gasteiger partial charge in [-0.1, -0.05) is 119 Å². The third kappa shape index (κ3) is 6.52. The van der Waals surface area contributed by atoms with Gasteiger partial charge in [-0.25, -0.2) is 4.39 Å². The van der Waals surface area contributed by atoms with Crippen LogP contribution < -0.4 is 0 Å². The molecule has 0 atom stereocenters. The molecule has 6 aromatic carbocycles. The minimum absolute atomic E-state index is 0.0476. The molecule has 0 saturated heterocycles. The van der Waals surface area contributed by atoms with Gasteiger partial charge in [0.05, 0.1) is 33.4 Å². The standard InChI is InChI=1S/C53H54FN3/c1-50(2,3)34-15-21-44-39(27-34)40-28-35(51(4,5)6)16-22-45(40)56(44)48-25-33(32-13-19-38(54)20-14-32)26-49(43(48)31-55)57-46-23-17-36(52(7,8)9)29-41(46)42-30-37(53(10,11)12)18-24-47(42)57/h13-30H,1-12H3. The highest BCUT2D eigenvalue weighted by atomic mass is 19.1. The second-order valence-electron chi connectivity index (χ2n) is 20.1. The Morgan fingerprint density at radius 3 is 0.965 bits per heavy atom. The number of fused-ring (bicyclic) bond motifs is 6. The Balaban J connectivity index is 1.54. The molecule has 0 fully saturated rings.